The van der Waals surface area contributed by atoms with Crippen molar-refractivity contribution >= 4 is 18.0 Å². The Morgan fingerprint density at radius 1 is 1.45 bits per heavy atom. The molecule has 0 bridgehead atoms. The first-order valence-corrected chi connectivity index (χ1v) is 10.2. The van der Waals surface area contributed by atoms with Gasteiger partial charge in [0.2, 0.25) is 0 Å². The van der Waals surface area contributed by atoms with Crippen molar-refractivity contribution in [1.82, 2.24) is 20.4 Å². The van der Waals surface area contributed by atoms with E-state index in [1.807, 2.05) is 24.4 Å². The molecular weight excluding hydrogens is 362 g/mol. The zero-order chi connectivity index (χ0) is 20.5. The Kier molecular flexibility index (Phi) is 7.42. The van der Waals surface area contributed by atoms with Crippen LogP contribution < -0.4 is 16.0 Å². The van der Waals surface area contributed by atoms with Gasteiger partial charge in [0.05, 0.1) is 24.2 Å². The second-order valence-corrected chi connectivity index (χ2v) is 7.23. The minimum atomic E-state index is 0.568. The molecule has 0 radical (unpaired) electrons. The van der Waals surface area contributed by atoms with Crippen LogP contribution in [0.15, 0.2) is 42.0 Å². The van der Waals surface area contributed by atoms with Gasteiger partial charge in [0.25, 0.3) is 0 Å². The minimum absolute atomic E-state index is 0.568. The van der Waals surface area contributed by atoms with Crippen LogP contribution in [0.3, 0.4) is 0 Å². The summed E-state index contributed by atoms with van der Waals surface area (Å²) in [4.78, 5) is 4.57. The Balaban J connectivity index is 1.60. The van der Waals surface area contributed by atoms with Gasteiger partial charge in [0.1, 0.15) is 11.6 Å². The van der Waals surface area contributed by atoms with Crippen LogP contribution in [-0.4, -0.2) is 35.8 Å². The number of nitriles is 1. The third kappa shape index (κ3) is 5.69. The van der Waals surface area contributed by atoms with E-state index >= 15 is 0 Å². The summed E-state index contributed by atoms with van der Waals surface area (Å²) in [5.74, 6) is 2.21. The van der Waals surface area contributed by atoms with Gasteiger partial charge >= 0.3 is 0 Å². The van der Waals surface area contributed by atoms with Crippen molar-refractivity contribution in [2.24, 2.45) is 10.9 Å². The standard InChI is InChI=1S/C22H29N7/c1-3-21-15-28-29(17(2)26-14-20-6-4-5-19(11-20)12-23)22(21)27-16-25-13-18-7-9-24-10-8-18/h4-6,11,15-16,18,24,26H,2-3,7-10,13-14H2,1H3,(H,25,27). The number of anilines is 1. The first kappa shape index (κ1) is 20.6. The van der Waals surface area contributed by atoms with Gasteiger partial charge in [-0.25, -0.2) is 4.68 Å². The molecule has 0 spiro atoms. The fourth-order valence-electron chi connectivity index (χ4n) is 3.40. The van der Waals surface area contributed by atoms with Gasteiger partial charge in [-0.1, -0.05) is 25.6 Å². The van der Waals surface area contributed by atoms with Crippen LogP contribution in [0.25, 0.3) is 5.82 Å². The maximum atomic E-state index is 9.04. The summed E-state index contributed by atoms with van der Waals surface area (Å²) >= 11 is 0. The fourth-order valence-corrected chi connectivity index (χ4v) is 3.40. The molecule has 29 heavy (non-hydrogen) atoms. The van der Waals surface area contributed by atoms with E-state index < -0.39 is 0 Å². The van der Waals surface area contributed by atoms with Crippen LogP contribution in [0, 0.1) is 17.2 Å². The van der Waals surface area contributed by atoms with E-state index in [-0.39, 0.29) is 0 Å². The monoisotopic (exact) mass is 391 g/mol. The maximum Gasteiger partial charge on any atom is 0.139 e. The summed E-state index contributed by atoms with van der Waals surface area (Å²) in [5.41, 5.74) is 2.77. The highest BCUT2D eigenvalue weighted by Gasteiger charge is 2.13. The summed E-state index contributed by atoms with van der Waals surface area (Å²) in [5, 5.41) is 23.5. The van der Waals surface area contributed by atoms with Crippen molar-refractivity contribution in [2.75, 3.05) is 25.0 Å². The minimum Gasteiger partial charge on any atom is -0.366 e. The van der Waals surface area contributed by atoms with E-state index in [4.69, 9.17) is 5.26 Å². The van der Waals surface area contributed by atoms with E-state index in [1.165, 1.54) is 12.8 Å². The molecule has 2 aromatic rings. The Bertz CT molecular complexity index is 885. The summed E-state index contributed by atoms with van der Waals surface area (Å²) < 4.78 is 1.77. The van der Waals surface area contributed by atoms with Gasteiger partial charge < -0.3 is 16.0 Å². The van der Waals surface area contributed by atoms with Crippen LogP contribution in [0.5, 0.6) is 0 Å². The van der Waals surface area contributed by atoms with Crippen LogP contribution in [-0.2, 0) is 13.0 Å². The van der Waals surface area contributed by atoms with Gasteiger partial charge in [0.15, 0.2) is 0 Å². The number of nitrogens with zero attached hydrogens (tertiary/aromatic N) is 4. The molecule has 3 N–H and O–H groups in total. The average molecular weight is 392 g/mol. The molecule has 1 fully saturated rings. The number of aromatic nitrogens is 2. The molecule has 0 atom stereocenters. The SMILES string of the molecule is C=C(NCc1cccc(C#N)c1)n1ncc(CC)c1NC=NCC1CCNCC1. The van der Waals surface area contributed by atoms with E-state index in [0.29, 0.717) is 23.8 Å². The number of nitrogens with one attached hydrogen (secondary N) is 3. The highest BCUT2D eigenvalue weighted by molar-refractivity contribution is 5.76. The summed E-state index contributed by atoms with van der Waals surface area (Å²) in [6.07, 6.45) is 6.86. The third-order valence-corrected chi connectivity index (χ3v) is 5.15. The molecule has 1 aliphatic rings. The number of piperidine rings is 1. The normalized spacial score (nSPS) is 14.6. The smallest absolute Gasteiger partial charge is 0.139 e. The molecule has 1 saturated heterocycles. The lowest BCUT2D eigenvalue weighted by Crippen LogP contribution is -2.29. The Labute approximate surface area is 172 Å². The van der Waals surface area contributed by atoms with Crippen molar-refractivity contribution < 1.29 is 0 Å². The number of rotatable bonds is 9. The van der Waals surface area contributed by atoms with E-state index in [9.17, 15) is 0 Å². The van der Waals surface area contributed by atoms with Gasteiger partial charge in [-0.15, -0.1) is 0 Å². The van der Waals surface area contributed by atoms with Crippen molar-refractivity contribution in [3.8, 4) is 6.07 Å². The molecule has 7 heteroatoms. The first-order valence-electron chi connectivity index (χ1n) is 10.2. The second kappa shape index (κ2) is 10.4. The quantitative estimate of drug-likeness (QED) is 0.452. The van der Waals surface area contributed by atoms with E-state index in [2.05, 4.69) is 45.6 Å². The number of hydrogen-bond acceptors (Lipinski definition) is 5. The molecule has 7 nitrogen and oxygen atoms in total. The molecule has 0 amide bonds. The van der Waals surface area contributed by atoms with Crippen molar-refractivity contribution in [3.63, 3.8) is 0 Å². The fraction of sp³-hybridized carbons (Fsp3) is 0.409. The molecule has 2 heterocycles. The predicted octanol–water partition coefficient (Wildman–Crippen LogP) is 2.97. The van der Waals surface area contributed by atoms with Crippen LogP contribution in [0.4, 0.5) is 5.82 Å². The van der Waals surface area contributed by atoms with Gasteiger partial charge in [0, 0.05) is 18.7 Å². The molecule has 1 aromatic heterocycles. The zero-order valence-electron chi connectivity index (χ0n) is 17.0. The average Bonchev–Trinajstić information content (AvgIpc) is 3.19. The van der Waals surface area contributed by atoms with Gasteiger partial charge in [-0.05, 0) is 56.0 Å². The van der Waals surface area contributed by atoms with Crippen molar-refractivity contribution in [1.29, 1.82) is 5.26 Å². The largest absolute Gasteiger partial charge is 0.366 e. The van der Waals surface area contributed by atoms with Gasteiger partial charge in [-0.3, -0.25) is 4.99 Å². The zero-order valence-corrected chi connectivity index (χ0v) is 17.0. The number of hydrogen-bond donors (Lipinski definition) is 3. The van der Waals surface area contributed by atoms with Crippen molar-refractivity contribution in [3.05, 3.63) is 53.7 Å². The Morgan fingerprint density at radius 2 is 2.28 bits per heavy atom. The van der Waals surface area contributed by atoms with Crippen LogP contribution in [0.2, 0.25) is 0 Å². The number of aliphatic imine (C=N–C) groups is 1. The third-order valence-electron chi connectivity index (χ3n) is 5.15. The van der Waals surface area contributed by atoms with Crippen LogP contribution in [0.1, 0.15) is 36.5 Å². The summed E-state index contributed by atoms with van der Waals surface area (Å²) in [7, 11) is 0. The van der Waals surface area contributed by atoms with Crippen molar-refractivity contribution in [2.45, 2.75) is 32.7 Å². The topological polar surface area (TPSA) is 90.1 Å². The Hall–Kier alpha value is -3.11. The number of aryl methyl sites for hydroxylation is 1. The first-order chi connectivity index (χ1) is 14.2. The molecule has 1 aliphatic heterocycles. The molecule has 0 unspecified atom stereocenters. The molecular formula is C22H29N7. The molecule has 152 valence electrons. The molecule has 0 aliphatic carbocycles. The van der Waals surface area contributed by atoms with Gasteiger partial charge in [-0.2, -0.15) is 10.4 Å². The highest BCUT2D eigenvalue weighted by Crippen LogP contribution is 2.18. The van der Waals surface area contributed by atoms with E-state index in [1.54, 1.807) is 17.1 Å². The molecule has 0 saturated carbocycles. The van der Waals surface area contributed by atoms with Crippen LogP contribution >= 0.6 is 0 Å². The predicted molar refractivity (Wildman–Crippen MR) is 118 cm³/mol. The van der Waals surface area contributed by atoms with E-state index in [0.717, 1.165) is 43.0 Å². The molecule has 3 rings (SSSR count). The lowest BCUT2D eigenvalue weighted by atomic mass is 9.99. The number of benzene rings is 1. The molecule has 1 aromatic carbocycles. The Morgan fingerprint density at radius 3 is 3.03 bits per heavy atom. The maximum absolute atomic E-state index is 9.04. The lowest BCUT2D eigenvalue weighted by Gasteiger charge is -2.20. The second-order valence-electron chi connectivity index (χ2n) is 7.23. The summed E-state index contributed by atoms with van der Waals surface area (Å²) in [6, 6.07) is 9.69. The summed E-state index contributed by atoms with van der Waals surface area (Å²) in [6.45, 7) is 9.81. The lowest BCUT2D eigenvalue weighted by molar-refractivity contribution is 0.383. The highest BCUT2D eigenvalue weighted by atomic mass is 15.4.